The van der Waals surface area contributed by atoms with Gasteiger partial charge in [0.1, 0.15) is 30.7 Å². The maximum Gasteiger partial charge on any atom is 0.319 e. The fourth-order valence-electron chi connectivity index (χ4n) is 4.94. The number of benzene rings is 3. The van der Waals surface area contributed by atoms with E-state index < -0.39 is 0 Å². The summed E-state index contributed by atoms with van der Waals surface area (Å²) in [5.41, 5.74) is 3.46. The fourth-order valence-corrected chi connectivity index (χ4v) is 4.94. The molecule has 43 heavy (non-hydrogen) atoms. The second kappa shape index (κ2) is 13.6. The maximum atomic E-state index is 12.4. The molecule has 1 saturated heterocycles. The molecule has 11 heteroatoms. The van der Waals surface area contributed by atoms with Crippen LogP contribution in [0.1, 0.15) is 17.5 Å². The summed E-state index contributed by atoms with van der Waals surface area (Å²) in [4.78, 5) is 23.6. The highest BCUT2D eigenvalue weighted by Crippen LogP contribution is 2.47. The van der Waals surface area contributed by atoms with Gasteiger partial charge in [-0.1, -0.05) is 29.8 Å². The van der Waals surface area contributed by atoms with Gasteiger partial charge in [-0.25, -0.2) is 14.8 Å². The molecule has 1 aromatic heterocycles. The Morgan fingerprint density at radius 2 is 1.72 bits per heavy atom. The SMILES string of the molecule is Cc1ccc(CNC(=O)Nc2ccc(Oc3ncnc4cc(OCCCN5CCOCC5)c5c(c34)OCCO5)cc2)cc1. The second-order valence-corrected chi connectivity index (χ2v) is 10.4. The quantitative estimate of drug-likeness (QED) is 0.250. The summed E-state index contributed by atoms with van der Waals surface area (Å²) < 4.78 is 29.8. The number of ether oxygens (including phenoxy) is 5. The number of anilines is 1. The van der Waals surface area contributed by atoms with E-state index in [0.29, 0.717) is 71.8 Å². The average molecular weight is 586 g/mol. The number of hydrogen-bond acceptors (Lipinski definition) is 9. The number of carbonyl (C=O) groups excluding carboxylic acids is 1. The van der Waals surface area contributed by atoms with E-state index >= 15 is 0 Å². The fraction of sp³-hybridized carbons (Fsp3) is 0.344. The van der Waals surface area contributed by atoms with Crippen molar-refractivity contribution in [3.63, 3.8) is 0 Å². The van der Waals surface area contributed by atoms with Crippen LogP contribution < -0.4 is 29.6 Å². The molecule has 0 spiro atoms. The highest BCUT2D eigenvalue weighted by Gasteiger charge is 2.25. The van der Waals surface area contributed by atoms with Crippen molar-refractivity contribution in [1.29, 1.82) is 0 Å². The molecule has 0 aliphatic carbocycles. The number of carbonyl (C=O) groups is 1. The topological polar surface area (TPSA) is 116 Å². The summed E-state index contributed by atoms with van der Waals surface area (Å²) in [6, 6.07) is 16.6. The van der Waals surface area contributed by atoms with Gasteiger partial charge in [0.15, 0.2) is 11.5 Å². The molecule has 2 aliphatic heterocycles. The second-order valence-electron chi connectivity index (χ2n) is 10.4. The van der Waals surface area contributed by atoms with Gasteiger partial charge < -0.3 is 34.3 Å². The highest BCUT2D eigenvalue weighted by molar-refractivity contribution is 5.94. The van der Waals surface area contributed by atoms with Crippen LogP contribution in [0.4, 0.5) is 10.5 Å². The molecular formula is C32H35N5O6. The molecule has 2 amide bonds. The average Bonchev–Trinajstić information content (AvgIpc) is 3.04. The van der Waals surface area contributed by atoms with Crippen LogP contribution in [-0.2, 0) is 11.3 Å². The summed E-state index contributed by atoms with van der Waals surface area (Å²) in [6.45, 7) is 8.22. The van der Waals surface area contributed by atoms with E-state index in [1.54, 1.807) is 24.3 Å². The Bertz CT molecular complexity index is 1540. The van der Waals surface area contributed by atoms with Gasteiger partial charge in [0.25, 0.3) is 0 Å². The van der Waals surface area contributed by atoms with E-state index in [4.69, 9.17) is 23.7 Å². The van der Waals surface area contributed by atoms with Gasteiger partial charge in [0.2, 0.25) is 11.6 Å². The lowest BCUT2D eigenvalue weighted by Gasteiger charge is -2.26. The van der Waals surface area contributed by atoms with E-state index in [1.807, 2.05) is 37.3 Å². The predicted octanol–water partition coefficient (Wildman–Crippen LogP) is 4.92. The van der Waals surface area contributed by atoms with Crippen LogP contribution in [0.2, 0.25) is 0 Å². The zero-order chi connectivity index (χ0) is 29.4. The molecule has 224 valence electrons. The van der Waals surface area contributed by atoms with Crippen molar-refractivity contribution in [3.8, 4) is 28.9 Å². The highest BCUT2D eigenvalue weighted by atomic mass is 16.6. The molecule has 2 N–H and O–H groups in total. The van der Waals surface area contributed by atoms with Crippen LogP contribution in [-0.4, -0.2) is 73.6 Å². The van der Waals surface area contributed by atoms with Crippen LogP contribution in [0.25, 0.3) is 10.9 Å². The molecule has 4 aromatic rings. The minimum Gasteiger partial charge on any atom is -0.489 e. The predicted molar refractivity (Wildman–Crippen MR) is 161 cm³/mol. The number of urea groups is 1. The molecule has 11 nitrogen and oxygen atoms in total. The van der Waals surface area contributed by atoms with Crippen molar-refractivity contribution >= 4 is 22.6 Å². The number of amides is 2. The normalized spacial score (nSPS) is 14.7. The van der Waals surface area contributed by atoms with E-state index in [9.17, 15) is 4.79 Å². The molecule has 0 atom stereocenters. The molecule has 6 rings (SSSR count). The van der Waals surface area contributed by atoms with Gasteiger partial charge in [0, 0.05) is 37.9 Å². The number of morpholine rings is 1. The van der Waals surface area contributed by atoms with Crippen molar-refractivity contribution < 1.29 is 28.5 Å². The molecule has 1 fully saturated rings. The Hall–Kier alpha value is -4.61. The molecule has 3 aromatic carbocycles. The minimum absolute atomic E-state index is 0.293. The Morgan fingerprint density at radius 1 is 0.953 bits per heavy atom. The van der Waals surface area contributed by atoms with E-state index in [-0.39, 0.29) is 6.03 Å². The van der Waals surface area contributed by atoms with Crippen molar-refractivity contribution in [2.24, 2.45) is 0 Å². The van der Waals surface area contributed by atoms with Gasteiger partial charge >= 0.3 is 6.03 Å². The summed E-state index contributed by atoms with van der Waals surface area (Å²) in [6.07, 6.45) is 2.33. The van der Waals surface area contributed by atoms with Crippen LogP contribution in [0, 0.1) is 6.92 Å². The first-order chi connectivity index (χ1) is 21.1. The van der Waals surface area contributed by atoms with Gasteiger partial charge in [-0.2, -0.15) is 0 Å². The molecular weight excluding hydrogens is 550 g/mol. The molecule has 3 heterocycles. The lowest BCUT2D eigenvalue weighted by molar-refractivity contribution is 0.0357. The summed E-state index contributed by atoms with van der Waals surface area (Å²) in [5.74, 6) is 2.50. The lowest BCUT2D eigenvalue weighted by atomic mass is 10.1. The standard InChI is InChI=1S/C32H35N5O6/c1-22-3-5-23(6-4-22)20-33-32(38)36-24-7-9-25(10-8-24)43-31-28-26(34-21-35-31)19-27(29-30(28)42-18-17-41-29)40-14-2-11-37-12-15-39-16-13-37/h3-10,19,21H,2,11-18,20H2,1H3,(H2,33,36,38). The van der Waals surface area contributed by atoms with Crippen LogP contribution in [0.3, 0.4) is 0 Å². The first kappa shape index (κ1) is 28.5. The smallest absolute Gasteiger partial charge is 0.319 e. The number of nitrogens with zero attached hydrogens (tertiary/aromatic N) is 3. The number of fused-ring (bicyclic) bond motifs is 3. The molecule has 0 saturated carbocycles. The number of nitrogens with one attached hydrogen (secondary N) is 2. The number of hydrogen-bond donors (Lipinski definition) is 2. The Labute approximate surface area is 250 Å². The maximum absolute atomic E-state index is 12.4. The minimum atomic E-state index is -0.293. The van der Waals surface area contributed by atoms with Crippen LogP contribution >= 0.6 is 0 Å². The zero-order valence-corrected chi connectivity index (χ0v) is 24.1. The monoisotopic (exact) mass is 585 g/mol. The van der Waals surface area contributed by atoms with Gasteiger partial charge in [-0.05, 0) is 43.2 Å². The third-order valence-electron chi connectivity index (χ3n) is 7.22. The van der Waals surface area contributed by atoms with Gasteiger partial charge in [-0.15, -0.1) is 0 Å². The molecule has 2 aliphatic rings. The largest absolute Gasteiger partial charge is 0.489 e. The number of aryl methyl sites for hydroxylation is 1. The third kappa shape index (κ3) is 7.25. The molecule has 0 unspecified atom stereocenters. The summed E-state index contributed by atoms with van der Waals surface area (Å²) >= 11 is 0. The first-order valence-electron chi connectivity index (χ1n) is 14.5. The van der Waals surface area contributed by atoms with Gasteiger partial charge in [-0.3, -0.25) is 4.90 Å². The Kier molecular flexibility index (Phi) is 9.00. The van der Waals surface area contributed by atoms with E-state index in [1.165, 1.54) is 11.9 Å². The summed E-state index contributed by atoms with van der Waals surface area (Å²) in [5, 5.41) is 6.31. The molecule has 0 bridgehead atoms. The zero-order valence-electron chi connectivity index (χ0n) is 24.1. The van der Waals surface area contributed by atoms with Crippen LogP contribution in [0.15, 0.2) is 60.9 Å². The van der Waals surface area contributed by atoms with Gasteiger partial charge in [0.05, 0.1) is 25.3 Å². The van der Waals surface area contributed by atoms with Crippen molar-refractivity contribution in [2.75, 3.05) is 58.0 Å². The summed E-state index contributed by atoms with van der Waals surface area (Å²) in [7, 11) is 0. The van der Waals surface area contributed by atoms with Crippen molar-refractivity contribution in [2.45, 2.75) is 19.9 Å². The third-order valence-corrected chi connectivity index (χ3v) is 7.22. The molecule has 0 radical (unpaired) electrons. The first-order valence-corrected chi connectivity index (χ1v) is 14.5. The number of rotatable bonds is 10. The Morgan fingerprint density at radius 3 is 2.51 bits per heavy atom. The van der Waals surface area contributed by atoms with E-state index in [2.05, 4.69) is 25.5 Å². The van der Waals surface area contributed by atoms with E-state index in [0.717, 1.165) is 44.8 Å². The Balaban J connectivity index is 1.11. The van der Waals surface area contributed by atoms with Crippen LogP contribution in [0.5, 0.6) is 28.9 Å². The van der Waals surface area contributed by atoms with Crippen molar-refractivity contribution in [1.82, 2.24) is 20.2 Å². The number of aromatic nitrogens is 2. The van der Waals surface area contributed by atoms with Crippen molar-refractivity contribution in [3.05, 3.63) is 72.1 Å². The lowest BCUT2D eigenvalue weighted by Crippen LogP contribution is -2.37.